The normalized spacial score (nSPS) is 39.9. The molecule has 0 amide bonds. The Labute approximate surface area is 62.5 Å². The van der Waals surface area contributed by atoms with Gasteiger partial charge in [0.2, 0.25) is 5.28 Å². The molecular formula is C6H13NO2P+. The number of rotatable bonds is 1. The van der Waals surface area contributed by atoms with E-state index >= 15 is 0 Å². The average molecular weight is 162 g/mol. The molecule has 1 unspecified atom stereocenters. The second-order valence-electron chi connectivity index (χ2n) is 2.87. The van der Waals surface area contributed by atoms with Crippen LogP contribution in [-0.2, 0) is 0 Å². The van der Waals surface area contributed by atoms with E-state index in [2.05, 4.69) is 9.24 Å². The van der Waals surface area contributed by atoms with Crippen molar-refractivity contribution in [3.8, 4) is 0 Å². The van der Waals surface area contributed by atoms with Gasteiger partial charge < -0.3 is 5.11 Å². The van der Waals surface area contributed by atoms with Gasteiger partial charge in [0.15, 0.2) is 6.21 Å². The van der Waals surface area contributed by atoms with Gasteiger partial charge in [-0.3, -0.25) is 5.21 Å². The molecule has 10 heavy (non-hydrogen) atoms. The molecule has 3 nitrogen and oxygen atoms in total. The lowest BCUT2D eigenvalue weighted by Crippen LogP contribution is -2.34. The SMILES string of the molecule is C[C@@]1(P)[C@H](CO)CC=[N+]1O. The molecule has 4 heteroatoms. The molecule has 0 saturated heterocycles. The predicted octanol–water partition coefficient (Wildman–Crippen LogP) is 0.0624. The van der Waals surface area contributed by atoms with E-state index in [9.17, 15) is 5.21 Å². The molecule has 0 aromatic carbocycles. The molecule has 0 radical (unpaired) electrons. The van der Waals surface area contributed by atoms with Gasteiger partial charge >= 0.3 is 0 Å². The number of aliphatic hydroxyl groups excluding tert-OH is 1. The van der Waals surface area contributed by atoms with Crippen molar-refractivity contribution in [2.24, 2.45) is 5.92 Å². The molecule has 0 saturated carbocycles. The molecule has 0 spiro atoms. The van der Waals surface area contributed by atoms with Crippen LogP contribution in [-0.4, -0.2) is 33.2 Å². The van der Waals surface area contributed by atoms with E-state index in [-0.39, 0.29) is 17.8 Å². The fraction of sp³-hybridized carbons (Fsp3) is 0.833. The van der Waals surface area contributed by atoms with Crippen molar-refractivity contribution in [1.29, 1.82) is 0 Å². The molecule has 1 heterocycles. The monoisotopic (exact) mass is 162 g/mol. The largest absolute Gasteiger partial charge is 0.396 e. The van der Waals surface area contributed by atoms with Crippen molar-refractivity contribution >= 4 is 15.5 Å². The molecule has 0 bridgehead atoms. The van der Waals surface area contributed by atoms with E-state index in [0.717, 1.165) is 11.2 Å². The molecule has 1 aliphatic heterocycles. The zero-order chi connectivity index (χ0) is 7.78. The molecular weight excluding hydrogens is 149 g/mol. The van der Waals surface area contributed by atoms with Crippen molar-refractivity contribution in [1.82, 2.24) is 0 Å². The summed E-state index contributed by atoms with van der Waals surface area (Å²) in [6.07, 6.45) is 2.43. The molecule has 58 valence electrons. The van der Waals surface area contributed by atoms with Crippen LogP contribution in [0.4, 0.5) is 0 Å². The highest BCUT2D eigenvalue weighted by Gasteiger charge is 2.45. The summed E-state index contributed by atoms with van der Waals surface area (Å²) in [4.78, 5) is 0. The van der Waals surface area contributed by atoms with E-state index in [1.807, 2.05) is 6.92 Å². The van der Waals surface area contributed by atoms with Gasteiger partial charge in [-0.2, -0.15) is 0 Å². The van der Waals surface area contributed by atoms with Crippen LogP contribution in [0.3, 0.4) is 0 Å². The Morgan fingerprint density at radius 2 is 2.50 bits per heavy atom. The topological polar surface area (TPSA) is 43.5 Å². The van der Waals surface area contributed by atoms with Crippen LogP contribution < -0.4 is 0 Å². The van der Waals surface area contributed by atoms with Crippen LogP contribution in [0, 0.1) is 5.92 Å². The van der Waals surface area contributed by atoms with Crippen LogP contribution >= 0.6 is 9.24 Å². The molecule has 1 aliphatic rings. The van der Waals surface area contributed by atoms with E-state index in [4.69, 9.17) is 5.11 Å². The van der Waals surface area contributed by atoms with Crippen LogP contribution in [0.25, 0.3) is 0 Å². The number of nitrogens with zero attached hydrogens (tertiary/aromatic N) is 1. The lowest BCUT2D eigenvalue weighted by Gasteiger charge is -2.17. The van der Waals surface area contributed by atoms with Crippen molar-refractivity contribution in [2.75, 3.05) is 6.61 Å². The maximum atomic E-state index is 9.20. The fourth-order valence-corrected chi connectivity index (χ4v) is 1.46. The number of aliphatic hydroxyl groups is 1. The van der Waals surface area contributed by atoms with E-state index in [1.165, 1.54) is 0 Å². The highest BCUT2D eigenvalue weighted by Crippen LogP contribution is 2.33. The number of hydroxylamine groups is 1. The number of hydrogen-bond acceptors (Lipinski definition) is 2. The lowest BCUT2D eigenvalue weighted by atomic mass is 10.0. The summed E-state index contributed by atoms with van der Waals surface area (Å²) in [5, 5.41) is 17.7. The van der Waals surface area contributed by atoms with Crippen molar-refractivity contribution < 1.29 is 15.1 Å². The minimum absolute atomic E-state index is 0.119. The Bertz CT molecular complexity index is 167. The highest BCUT2D eigenvalue weighted by atomic mass is 31.0. The first kappa shape index (κ1) is 7.96. The zero-order valence-corrected chi connectivity index (χ0v) is 7.14. The van der Waals surface area contributed by atoms with Gasteiger partial charge in [-0.1, -0.05) is 9.24 Å². The van der Waals surface area contributed by atoms with Gasteiger partial charge in [-0.05, 0) is 4.74 Å². The quantitative estimate of drug-likeness (QED) is 0.325. The third-order valence-corrected chi connectivity index (χ3v) is 2.84. The molecule has 3 atom stereocenters. The minimum Gasteiger partial charge on any atom is -0.396 e. The van der Waals surface area contributed by atoms with Crippen LogP contribution in [0.5, 0.6) is 0 Å². The van der Waals surface area contributed by atoms with E-state index < -0.39 is 0 Å². The third kappa shape index (κ3) is 1.04. The summed E-state index contributed by atoms with van der Waals surface area (Å²) in [6, 6.07) is 0. The maximum absolute atomic E-state index is 9.20. The Morgan fingerprint density at radius 1 is 1.90 bits per heavy atom. The molecule has 0 fully saturated rings. The van der Waals surface area contributed by atoms with Gasteiger partial charge in [0, 0.05) is 13.3 Å². The summed E-state index contributed by atoms with van der Waals surface area (Å²) < 4.78 is 1.15. The van der Waals surface area contributed by atoms with Crippen molar-refractivity contribution in [3.05, 3.63) is 0 Å². The Morgan fingerprint density at radius 3 is 2.70 bits per heavy atom. The molecule has 2 N–H and O–H groups in total. The predicted molar refractivity (Wildman–Crippen MR) is 41.4 cm³/mol. The minimum atomic E-state index is -0.380. The molecule has 0 aliphatic carbocycles. The Hall–Kier alpha value is -0.140. The van der Waals surface area contributed by atoms with Gasteiger partial charge in [-0.25, -0.2) is 0 Å². The smallest absolute Gasteiger partial charge is 0.223 e. The van der Waals surface area contributed by atoms with Crippen LogP contribution in [0.15, 0.2) is 0 Å². The van der Waals surface area contributed by atoms with Gasteiger partial charge in [0.25, 0.3) is 0 Å². The average Bonchev–Trinajstić information content (AvgIpc) is 2.10. The summed E-state index contributed by atoms with van der Waals surface area (Å²) in [6.45, 7) is 2.00. The van der Waals surface area contributed by atoms with Crippen LogP contribution in [0.1, 0.15) is 13.3 Å². The fourth-order valence-electron chi connectivity index (χ4n) is 1.11. The lowest BCUT2D eigenvalue weighted by molar-refractivity contribution is -0.803. The summed E-state index contributed by atoms with van der Waals surface area (Å²) in [5.41, 5.74) is 0. The first-order chi connectivity index (χ1) is 4.59. The van der Waals surface area contributed by atoms with Crippen LogP contribution in [0.2, 0.25) is 0 Å². The standard InChI is InChI=1S/C6H13NO2P/c1-6(10)5(4-8)2-3-7(6)9/h3,5,8-9H,2,4,10H2,1H3/q+1/t5-,6+/m0/s1. The zero-order valence-electron chi connectivity index (χ0n) is 5.99. The second kappa shape index (κ2) is 2.48. The van der Waals surface area contributed by atoms with Crippen molar-refractivity contribution in [3.63, 3.8) is 0 Å². The maximum Gasteiger partial charge on any atom is 0.223 e. The van der Waals surface area contributed by atoms with Crippen molar-refractivity contribution in [2.45, 2.75) is 18.6 Å². The van der Waals surface area contributed by atoms with E-state index in [1.54, 1.807) is 6.21 Å². The Balaban J connectivity index is 2.74. The molecule has 0 aromatic rings. The third-order valence-electron chi connectivity index (χ3n) is 2.10. The molecule has 0 aromatic heterocycles. The van der Waals surface area contributed by atoms with Gasteiger partial charge in [0.1, 0.15) is 0 Å². The van der Waals surface area contributed by atoms with Gasteiger partial charge in [0.05, 0.1) is 12.5 Å². The summed E-state index contributed by atoms with van der Waals surface area (Å²) >= 11 is 0. The highest BCUT2D eigenvalue weighted by molar-refractivity contribution is 7.18. The van der Waals surface area contributed by atoms with Gasteiger partial charge in [-0.15, -0.1) is 0 Å². The Kier molecular flexibility index (Phi) is 1.97. The molecule has 1 rings (SSSR count). The summed E-state index contributed by atoms with van der Waals surface area (Å²) in [7, 11) is 2.54. The number of hydrogen-bond donors (Lipinski definition) is 2. The first-order valence-electron chi connectivity index (χ1n) is 3.30. The second-order valence-corrected chi connectivity index (χ2v) is 4.04. The summed E-state index contributed by atoms with van der Waals surface area (Å²) in [5.74, 6) is 0.127. The van der Waals surface area contributed by atoms with E-state index in [0.29, 0.717) is 0 Å². The first-order valence-corrected chi connectivity index (χ1v) is 3.88.